The van der Waals surface area contributed by atoms with Gasteiger partial charge in [-0.2, -0.15) is 0 Å². The monoisotopic (exact) mass is 372 g/mol. The Labute approximate surface area is 169 Å². The minimum Gasteiger partial charge on any atom is -0.343 e. The van der Waals surface area contributed by atoms with Crippen molar-refractivity contribution >= 4 is 10.9 Å². The normalized spacial score (nSPS) is 19.8. The van der Waals surface area contributed by atoms with E-state index in [0.717, 1.165) is 13.1 Å². The topological polar surface area (TPSA) is 8.17 Å². The molecule has 5 rings (SSSR count). The van der Waals surface area contributed by atoms with Crippen molar-refractivity contribution in [1.82, 2.24) is 9.47 Å². The maximum absolute atomic E-state index is 2.76. The molecular formula is C26H32N2. The number of benzene rings is 2. The van der Waals surface area contributed by atoms with E-state index in [4.69, 9.17) is 0 Å². The number of fused-ring (bicyclic) bond motifs is 3. The van der Waals surface area contributed by atoms with Gasteiger partial charge in [0.25, 0.3) is 0 Å². The standard InChI is InChI=1S/C26H32N2/c1-18(2)21-11-9-20(10-12-21)17-27-14-5-15-28-24-13-8-19(3)16-23(24)22-6-4-7-25(27)26(22)28/h8-13,16,18,25H,4-7,14-15,17H2,1-3H3/t25-/m0/s1. The smallest absolute Gasteiger partial charge is 0.0507 e. The molecule has 0 spiro atoms. The fourth-order valence-electron chi connectivity index (χ4n) is 5.43. The van der Waals surface area contributed by atoms with Gasteiger partial charge in [0.05, 0.1) is 6.04 Å². The van der Waals surface area contributed by atoms with Crippen LogP contribution in [0.1, 0.15) is 73.0 Å². The molecule has 2 aliphatic rings. The van der Waals surface area contributed by atoms with Crippen LogP contribution in [0.2, 0.25) is 0 Å². The van der Waals surface area contributed by atoms with Gasteiger partial charge in [-0.1, -0.05) is 49.7 Å². The van der Waals surface area contributed by atoms with E-state index in [2.05, 4.69) is 72.7 Å². The highest BCUT2D eigenvalue weighted by Gasteiger charge is 2.33. The summed E-state index contributed by atoms with van der Waals surface area (Å²) >= 11 is 0. The Hall–Kier alpha value is -2.06. The molecule has 1 aliphatic heterocycles. The maximum Gasteiger partial charge on any atom is 0.0507 e. The molecule has 3 aromatic rings. The highest BCUT2D eigenvalue weighted by molar-refractivity contribution is 5.86. The summed E-state index contributed by atoms with van der Waals surface area (Å²) in [6, 6.07) is 17.0. The van der Waals surface area contributed by atoms with Crippen LogP contribution in [-0.2, 0) is 19.5 Å². The quantitative estimate of drug-likeness (QED) is 0.519. The summed E-state index contributed by atoms with van der Waals surface area (Å²) in [5.41, 5.74) is 9.01. The van der Waals surface area contributed by atoms with Crippen LogP contribution in [0.3, 0.4) is 0 Å². The van der Waals surface area contributed by atoms with Crippen molar-refractivity contribution in [3.8, 4) is 0 Å². The van der Waals surface area contributed by atoms with E-state index in [1.165, 1.54) is 59.8 Å². The summed E-state index contributed by atoms with van der Waals surface area (Å²) < 4.78 is 2.66. The van der Waals surface area contributed by atoms with Gasteiger partial charge in [-0.25, -0.2) is 0 Å². The number of hydrogen-bond acceptors (Lipinski definition) is 1. The molecular weight excluding hydrogens is 340 g/mol. The Kier molecular flexibility index (Phi) is 4.55. The Morgan fingerprint density at radius 2 is 1.82 bits per heavy atom. The molecule has 0 saturated heterocycles. The van der Waals surface area contributed by atoms with E-state index in [1.807, 2.05) is 0 Å². The summed E-state index contributed by atoms with van der Waals surface area (Å²) in [5, 5.41) is 1.52. The van der Waals surface area contributed by atoms with E-state index in [9.17, 15) is 0 Å². The van der Waals surface area contributed by atoms with Crippen LogP contribution >= 0.6 is 0 Å². The lowest BCUT2D eigenvalue weighted by Gasteiger charge is -2.33. The summed E-state index contributed by atoms with van der Waals surface area (Å²) in [4.78, 5) is 2.76. The van der Waals surface area contributed by atoms with E-state index >= 15 is 0 Å². The lowest BCUT2D eigenvalue weighted by Crippen LogP contribution is -2.31. The Morgan fingerprint density at radius 1 is 1.00 bits per heavy atom. The molecule has 0 unspecified atom stereocenters. The number of hydrogen-bond donors (Lipinski definition) is 0. The third-order valence-electron chi connectivity index (χ3n) is 6.89. The zero-order chi connectivity index (χ0) is 19.3. The minimum absolute atomic E-state index is 0.573. The zero-order valence-corrected chi connectivity index (χ0v) is 17.5. The molecule has 0 saturated carbocycles. The van der Waals surface area contributed by atoms with Crippen LogP contribution in [0.25, 0.3) is 10.9 Å². The van der Waals surface area contributed by atoms with Crippen molar-refractivity contribution in [1.29, 1.82) is 0 Å². The molecule has 1 atom stereocenters. The molecule has 2 heterocycles. The molecule has 2 nitrogen and oxygen atoms in total. The average Bonchev–Trinajstić information content (AvgIpc) is 2.88. The van der Waals surface area contributed by atoms with Gasteiger partial charge in [-0.05, 0) is 67.3 Å². The van der Waals surface area contributed by atoms with Gasteiger partial charge in [0.2, 0.25) is 0 Å². The highest BCUT2D eigenvalue weighted by Crippen LogP contribution is 2.42. The summed E-state index contributed by atoms with van der Waals surface area (Å²) in [6.07, 6.45) is 5.10. The number of aryl methyl sites for hydroxylation is 3. The summed E-state index contributed by atoms with van der Waals surface area (Å²) in [5.74, 6) is 0.604. The van der Waals surface area contributed by atoms with Crippen molar-refractivity contribution < 1.29 is 0 Å². The molecule has 0 bridgehead atoms. The van der Waals surface area contributed by atoms with Gasteiger partial charge in [-0.3, -0.25) is 4.90 Å². The summed E-state index contributed by atoms with van der Waals surface area (Å²) in [6.45, 7) is 10.2. The third kappa shape index (κ3) is 2.99. The van der Waals surface area contributed by atoms with Gasteiger partial charge in [0.15, 0.2) is 0 Å². The first-order valence-electron chi connectivity index (χ1n) is 11.1. The van der Waals surface area contributed by atoms with E-state index in [1.54, 1.807) is 11.3 Å². The molecule has 1 aliphatic carbocycles. The lowest BCUT2D eigenvalue weighted by molar-refractivity contribution is 0.173. The molecule has 0 amide bonds. The Bertz CT molecular complexity index is 990. The zero-order valence-electron chi connectivity index (χ0n) is 17.5. The fourth-order valence-corrected chi connectivity index (χ4v) is 5.43. The summed E-state index contributed by atoms with van der Waals surface area (Å²) in [7, 11) is 0. The number of rotatable bonds is 3. The van der Waals surface area contributed by atoms with Crippen molar-refractivity contribution in [2.75, 3.05) is 6.54 Å². The SMILES string of the molecule is Cc1ccc2c(c1)c1c3n2CCCN(Cc2ccc(C(C)C)cc2)[C@H]3CCC1. The van der Waals surface area contributed by atoms with E-state index in [0.29, 0.717) is 12.0 Å². The first-order valence-corrected chi connectivity index (χ1v) is 11.1. The second-order valence-corrected chi connectivity index (χ2v) is 9.16. The predicted octanol–water partition coefficient (Wildman–Crippen LogP) is 6.36. The van der Waals surface area contributed by atoms with Gasteiger partial charge in [0.1, 0.15) is 0 Å². The molecule has 0 fully saturated rings. The number of aromatic nitrogens is 1. The second kappa shape index (κ2) is 7.08. The number of nitrogens with zero attached hydrogens (tertiary/aromatic N) is 2. The lowest BCUT2D eigenvalue weighted by atomic mass is 9.90. The van der Waals surface area contributed by atoms with Crippen molar-refractivity contribution in [3.63, 3.8) is 0 Å². The Balaban J connectivity index is 1.52. The predicted molar refractivity (Wildman–Crippen MR) is 118 cm³/mol. The van der Waals surface area contributed by atoms with Gasteiger partial charge in [-0.15, -0.1) is 0 Å². The molecule has 0 radical (unpaired) electrons. The van der Waals surface area contributed by atoms with Crippen LogP contribution in [0, 0.1) is 6.92 Å². The van der Waals surface area contributed by atoms with Crippen LogP contribution in [0.4, 0.5) is 0 Å². The van der Waals surface area contributed by atoms with Crippen LogP contribution in [-0.4, -0.2) is 16.0 Å². The molecule has 146 valence electrons. The van der Waals surface area contributed by atoms with Gasteiger partial charge < -0.3 is 4.57 Å². The maximum atomic E-state index is 2.76. The Morgan fingerprint density at radius 3 is 2.61 bits per heavy atom. The minimum atomic E-state index is 0.573. The van der Waals surface area contributed by atoms with E-state index in [-0.39, 0.29) is 0 Å². The molecule has 1 aromatic heterocycles. The molecule has 0 N–H and O–H groups in total. The van der Waals surface area contributed by atoms with Gasteiger partial charge in [0, 0.05) is 36.2 Å². The average molecular weight is 373 g/mol. The first-order chi connectivity index (χ1) is 13.6. The van der Waals surface area contributed by atoms with Crippen LogP contribution in [0.5, 0.6) is 0 Å². The largest absolute Gasteiger partial charge is 0.343 e. The van der Waals surface area contributed by atoms with Crippen molar-refractivity contribution in [3.05, 3.63) is 70.4 Å². The highest BCUT2D eigenvalue weighted by atomic mass is 15.2. The fraction of sp³-hybridized carbons (Fsp3) is 0.462. The van der Waals surface area contributed by atoms with E-state index < -0.39 is 0 Å². The molecule has 28 heavy (non-hydrogen) atoms. The first kappa shape index (κ1) is 18.0. The van der Waals surface area contributed by atoms with Crippen LogP contribution < -0.4 is 0 Å². The van der Waals surface area contributed by atoms with Crippen molar-refractivity contribution in [2.45, 2.75) is 71.5 Å². The third-order valence-corrected chi connectivity index (χ3v) is 6.89. The second-order valence-electron chi connectivity index (χ2n) is 9.16. The van der Waals surface area contributed by atoms with Crippen LogP contribution in [0.15, 0.2) is 42.5 Å². The van der Waals surface area contributed by atoms with Crippen molar-refractivity contribution in [2.24, 2.45) is 0 Å². The molecule has 2 heteroatoms. The molecule has 2 aromatic carbocycles. The van der Waals surface area contributed by atoms with Gasteiger partial charge >= 0.3 is 0 Å².